The molecule has 8 heteroatoms. The number of amides is 2. The third-order valence-corrected chi connectivity index (χ3v) is 2.18. The monoisotopic (exact) mass is 284 g/mol. The topological polar surface area (TPSA) is 108 Å². The number of methoxy groups -OCH3 is 1. The Labute approximate surface area is 113 Å². The number of nitrogens with one attached hydrogen (secondary N) is 1. The van der Waals surface area contributed by atoms with Crippen molar-refractivity contribution in [2.45, 2.75) is 0 Å². The van der Waals surface area contributed by atoms with Gasteiger partial charge in [-0.05, 0) is 18.2 Å². The van der Waals surface area contributed by atoms with Crippen molar-refractivity contribution in [2.24, 2.45) is 5.73 Å². The lowest BCUT2D eigenvalue weighted by Gasteiger charge is -2.06. The minimum atomic E-state index is -0.874. The fraction of sp³-hybridized carbons (Fsp3) is 0.250. The van der Waals surface area contributed by atoms with E-state index in [1.54, 1.807) is 0 Å². The molecule has 0 bridgehead atoms. The summed E-state index contributed by atoms with van der Waals surface area (Å²) in [4.78, 5) is 33.1. The van der Waals surface area contributed by atoms with E-state index in [-0.39, 0.29) is 17.9 Å². The molecule has 0 atom stereocenters. The highest BCUT2D eigenvalue weighted by atomic mass is 19.1. The molecule has 0 aromatic heterocycles. The number of hydrogen-bond acceptors (Lipinski definition) is 5. The molecule has 0 aliphatic carbocycles. The Bertz CT molecular complexity index is 533. The van der Waals surface area contributed by atoms with Crippen LogP contribution < -0.4 is 15.8 Å². The molecular weight excluding hydrogens is 271 g/mol. The van der Waals surface area contributed by atoms with E-state index in [2.05, 4.69) is 10.1 Å². The van der Waals surface area contributed by atoms with Gasteiger partial charge in [0.1, 0.15) is 0 Å². The molecule has 0 unspecified atom stereocenters. The number of carbonyl (C=O) groups excluding carboxylic acids is 3. The van der Waals surface area contributed by atoms with Gasteiger partial charge in [0, 0.05) is 0 Å². The predicted molar refractivity (Wildman–Crippen MR) is 65.4 cm³/mol. The Hall–Kier alpha value is -2.64. The third kappa shape index (κ3) is 4.56. The maximum atomic E-state index is 13.4. The highest BCUT2D eigenvalue weighted by molar-refractivity contribution is 5.92. The van der Waals surface area contributed by atoms with Gasteiger partial charge < -0.3 is 20.5 Å². The van der Waals surface area contributed by atoms with E-state index in [1.807, 2.05) is 0 Å². The highest BCUT2D eigenvalue weighted by Gasteiger charge is 2.13. The second-order valence-electron chi connectivity index (χ2n) is 3.67. The number of primary amides is 1. The second kappa shape index (κ2) is 7.07. The van der Waals surface area contributed by atoms with E-state index in [4.69, 9.17) is 10.5 Å². The molecule has 0 aliphatic heterocycles. The molecule has 0 fully saturated rings. The van der Waals surface area contributed by atoms with Crippen molar-refractivity contribution in [3.05, 3.63) is 29.6 Å². The number of hydrogen-bond donors (Lipinski definition) is 2. The summed E-state index contributed by atoms with van der Waals surface area (Å²) < 4.78 is 22.7. The van der Waals surface area contributed by atoms with Gasteiger partial charge in [-0.25, -0.2) is 9.18 Å². The van der Waals surface area contributed by atoms with Crippen molar-refractivity contribution < 1.29 is 28.2 Å². The van der Waals surface area contributed by atoms with Crippen molar-refractivity contribution in [2.75, 3.05) is 20.3 Å². The summed E-state index contributed by atoms with van der Waals surface area (Å²) >= 11 is 0. The molecule has 3 N–H and O–H groups in total. The molecular formula is C12H13FN2O5. The first-order valence-electron chi connectivity index (χ1n) is 5.49. The maximum Gasteiger partial charge on any atom is 0.338 e. The van der Waals surface area contributed by atoms with Gasteiger partial charge in [0.25, 0.3) is 5.91 Å². The molecule has 0 spiro atoms. The SMILES string of the molecule is COc1ccc(C(=O)OCC(=O)NCC(N)=O)cc1F. The normalized spacial score (nSPS) is 9.70. The van der Waals surface area contributed by atoms with Crippen LogP contribution >= 0.6 is 0 Å². The first-order valence-corrected chi connectivity index (χ1v) is 5.49. The van der Waals surface area contributed by atoms with Gasteiger partial charge >= 0.3 is 5.97 Å². The van der Waals surface area contributed by atoms with Crippen molar-refractivity contribution in [3.63, 3.8) is 0 Å². The largest absolute Gasteiger partial charge is 0.494 e. The quantitative estimate of drug-likeness (QED) is 0.691. The van der Waals surface area contributed by atoms with E-state index in [0.29, 0.717) is 0 Å². The van der Waals surface area contributed by atoms with Crippen LogP contribution in [0.4, 0.5) is 4.39 Å². The van der Waals surface area contributed by atoms with Crippen LogP contribution in [0, 0.1) is 5.82 Å². The van der Waals surface area contributed by atoms with Gasteiger partial charge in [-0.3, -0.25) is 9.59 Å². The van der Waals surface area contributed by atoms with Crippen LogP contribution in [0.3, 0.4) is 0 Å². The van der Waals surface area contributed by atoms with Crippen LogP contribution in [0.2, 0.25) is 0 Å². The van der Waals surface area contributed by atoms with Crippen molar-refractivity contribution in [1.29, 1.82) is 0 Å². The third-order valence-electron chi connectivity index (χ3n) is 2.18. The van der Waals surface area contributed by atoms with Crippen LogP contribution in [0.15, 0.2) is 18.2 Å². The summed E-state index contributed by atoms with van der Waals surface area (Å²) in [6.45, 7) is -0.951. The number of nitrogens with two attached hydrogens (primary N) is 1. The van der Waals surface area contributed by atoms with Gasteiger partial charge in [0.15, 0.2) is 18.2 Å². The van der Waals surface area contributed by atoms with E-state index in [0.717, 1.165) is 6.07 Å². The summed E-state index contributed by atoms with van der Waals surface area (Å²) in [7, 11) is 1.29. The Morgan fingerprint density at radius 3 is 2.60 bits per heavy atom. The average molecular weight is 284 g/mol. The Morgan fingerprint density at radius 2 is 2.05 bits per heavy atom. The van der Waals surface area contributed by atoms with Crippen molar-refractivity contribution >= 4 is 17.8 Å². The van der Waals surface area contributed by atoms with Crippen molar-refractivity contribution in [1.82, 2.24) is 5.32 Å². The Morgan fingerprint density at radius 1 is 1.35 bits per heavy atom. The van der Waals surface area contributed by atoms with Crippen LogP contribution in [-0.4, -0.2) is 38.0 Å². The summed E-state index contributed by atoms with van der Waals surface area (Å²) in [5.74, 6) is -3.02. The number of rotatable bonds is 6. The maximum absolute atomic E-state index is 13.4. The summed E-state index contributed by atoms with van der Waals surface area (Å²) in [6.07, 6.45) is 0. The minimum Gasteiger partial charge on any atom is -0.494 e. The van der Waals surface area contributed by atoms with Gasteiger partial charge in [0.2, 0.25) is 5.91 Å². The fourth-order valence-electron chi connectivity index (χ4n) is 1.24. The molecule has 108 valence electrons. The zero-order chi connectivity index (χ0) is 15.1. The smallest absolute Gasteiger partial charge is 0.338 e. The molecule has 0 heterocycles. The first kappa shape index (κ1) is 15.4. The summed E-state index contributed by atoms with van der Waals surface area (Å²) in [6, 6.07) is 3.49. The molecule has 7 nitrogen and oxygen atoms in total. The zero-order valence-corrected chi connectivity index (χ0v) is 10.6. The van der Waals surface area contributed by atoms with Crippen molar-refractivity contribution in [3.8, 4) is 5.75 Å². The van der Waals surface area contributed by atoms with E-state index >= 15 is 0 Å². The lowest BCUT2D eigenvalue weighted by atomic mass is 10.2. The van der Waals surface area contributed by atoms with Gasteiger partial charge in [-0.1, -0.05) is 0 Å². The molecule has 0 aliphatic rings. The first-order chi connectivity index (χ1) is 9.43. The number of carbonyl (C=O) groups is 3. The Kier molecular flexibility index (Phi) is 5.45. The standard InChI is InChI=1S/C12H13FN2O5/c1-19-9-3-2-7(4-8(9)13)12(18)20-6-11(17)15-5-10(14)16/h2-4H,5-6H2,1H3,(H2,14,16)(H,15,17). The van der Waals surface area contributed by atoms with Gasteiger partial charge in [-0.15, -0.1) is 0 Å². The minimum absolute atomic E-state index is 0.0132. The molecule has 2 amide bonds. The average Bonchev–Trinajstić information content (AvgIpc) is 2.42. The van der Waals surface area contributed by atoms with E-state index in [1.165, 1.54) is 19.2 Å². The van der Waals surface area contributed by atoms with E-state index in [9.17, 15) is 18.8 Å². The molecule has 0 radical (unpaired) electrons. The predicted octanol–water partition coefficient (Wildman–Crippen LogP) is -0.407. The van der Waals surface area contributed by atoms with Crippen LogP contribution in [0.25, 0.3) is 0 Å². The highest BCUT2D eigenvalue weighted by Crippen LogP contribution is 2.18. The lowest BCUT2D eigenvalue weighted by Crippen LogP contribution is -2.35. The molecule has 1 rings (SSSR count). The van der Waals surface area contributed by atoms with Crippen LogP contribution in [0.5, 0.6) is 5.75 Å². The fourth-order valence-corrected chi connectivity index (χ4v) is 1.24. The number of benzene rings is 1. The second-order valence-corrected chi connectivity index (χ2v) is 3.67. The lowest BCUT2D eigenvalue weighted by molar-refractivity contribution is -0.127. The molecule has 0 saturated heterocycles. The van der Waals surface area contributed by atoms with Gasteiger partial charge in [0.05, 0.1) is 19.2 Å². The molecule has 1 aromatic rings. The summed E-state index contributed by atoms with van der Waals surface area (Å²) in [5, 5.41) is 2.13. The Balaban J connectivity index is 2.52. The molecule has 1 aromatic carbocycles. The zero-order valence-electron chi connectivity index (χ0n) is 10.6. The number of halogens is 1. The van der Waals surface area contributed by atoms with Crippen LogP contribution in [0.1, 0.15) is 10.4 Å². The summed E-state index contributed by atoms with van der Waals surface area (Å²) in [5.41, 5.74) is 4.75. The van der Waals surface area contributed by atoms with Crippen LogP contribution in [-0.2, 0) is 14.3 Å². The number of ether oxygens (including phenoxy) is 2. The molecule has 20 heavy (non-hydrogen) atoms. The molecule has 0 saturated carbocycles. The van der Waals surface area contributed by atoms with E-state index < -0.39 is 30.2 Å². The van der Waals surface area contributed by atoms with Gasteiger partial charge in [-0.2, -0.15) is 0 Å². The number of esters is 1.